The van der Waals surface area contributed by atoms with Gasteiger partial charge < -0.3 is 15.5 Å². The van der Waals surface area contributed by atoms with Gasteiger partial charge in [0.25, 0.3) is 5.91 Å². The van der Waals surface area contributed by atoms with E-state index in [1.807, 2.05) is 18.2 Å². The van der Waals surface area contributed by atoms with Crippen molar-refractivity contribution in [3.05, 3.63) is 70.8 Å². The second kappa shape index (κ2) is 11.3. The minimum atomic E-state index is 0. The number of amides is 1. The molecule has 2 aromatic carbocycles. The summed E-state index contributed by atoms with van der Waals surface area (Å²) in [5.74, 6) is 1.46. The fraction of sp³-hybridized carbons (Fsp3) is 0.417. The minimum Gasteiger partial charge on any atom is -0.357 e. The van der Waals surface area contributed by atoms with E-state index in [-0.39, 0.29) is 29.9 Å². The van der Waals surface area contributed by atoms with E-state index in [1.54, 1.807) is 19.0 Å². The Balaban J connectivity index is 0.00000320. The fourth-order valence-corrected chi connectivity index (χ4v) is 3.61. The average molecular weight is 520 g/mol. The van der Waals surface area contributed by atoms with Crippen LogP contribution in [0.2, 0.25) is 0 Å². The summed E-state index contributed by atoms with van der Waals surface area (Å²) in [7, 11) is 3.55. The molecule has 6 heteroatoms. The summed E-state index contributed by atoms with van der Waals surface area (Å²) in [6.45, 7) is 5.77. The zero-order valence-corrected chi connectivity index (χ0v) is 20.6. The van der Waals surface area contributed by atoms with Crippen LogP contribution in [0.25, 0.3) is 0 Å². The van der Waals surface area contributed by atoms with E-state index in [9.17, 15) is 4.79 Å². The second-order valence-electron chi connectivity index (χ2n) is 7.86. The van der Waals surface area contributed by atoms with Crippen molar-refractivity contribution in [2.45, 2.75) is 38.6 Å². The first-order valence-electron chi connectivity index (χ1n) is 10.4. The Morgan fingerprint density at radius 2 is 1.93 bits per heavy atom. The van der Waals surface area contributed by atoms with Crippen molar-refractivity contribution >= 4 is 35.8 Å². The molecule has 2 N–H and O–H groups in total. The molecule has 0 heterocycles. The maximum Gasteiger partial charge on any atom is 0.253 e. The normalized spacial score (nSPS) is 17.7. The van der Waals surface area contributed by atoms with Crippen LogP contribution in [0.15, 0.2) is 53.5 Å². The molecule has 0 radical (unpaired) electrons. The molecule has 30 heavy (non-hydrogen) atoms. The highest BCUT2D eigenvalue weighted by Crippen LogP contribution is 2.42. The van der Waals surface area contributed by atoms with E-state index >= 15 is 0 Å². The molecule has 162 valence electrons. The van der Waals surface area contributed by atoms with Gasteiger partial charge in [-0.15, -0.1) is 24.0 Å². The van der Waals surface area contributed by atoms with Crippen molar-refractivity contribution in [3.63, 3.8) is 0 Å². The van der Waals surface area contributed by atoms with Gasteiger partial charge in [-0.3, -0.25) is 9.79 Å². The zero-order valence-electron chi connectivity index (χ0n) is 18.3. The minimum absolute atomic E-state index is 0. The third kappa shape index (κ3) is 6.45. The van der Waals surface area contributed by atoms with E-state index in [4.69, 9.17) is 4.99 Å². The molecule has 0 aromatic heterocycles. The molecule has 2 aromatic rings. The third-order valence-corrected chi connectivity index (χ3v) is 5.30. The number of aryl methyl sites for hydroxylation is 1. The lowest BCUT2D eigenvalue weighted by atomic mass is 10.0. The summed E-state index contributed by atoms with van der Waals surface area (Å²) in [6, 6.07) is 16.9. The third-order valence-electron chi connectivity index (χ3n) is 5.30. The van der Waals surface area contributed by atoms with Gasteiger partial charge in [-0.05, 0) is 55.5 Å². The standard InChI is InChI=1S/C24H32N4O.HI/c1-5-25-24(27-22-16-21(22)20-12-7-6-9-17(20)2)26-14-13-18-10-8-11-19(15-18)23(29)28(3)4;/h6-12,15,21-22H,5,13-14,16H2,1-4H3,(H2,25,26,27);1H. The fourth-order valence-electron chi connectivity index (χ4n) is 3.61. The van der Waals surface area contributed by atoms with Crippen molar-refractivity contribution in [2.75, 3.05) is 27.2 Å². The lowest BCUT2D eigenvalue weighted by Crippen LogP contribution is -2.39. The Hall–Kier alpha value is -2.09. The highest BCUT2D eigenvalue weighted by atomic mass is 127. The lowest BCUT2D eigenvalue weighted by Gasteiger charge is -2.12. The molecule has 1 amide bonds. The molecular weight excluding hydrogens is 487 g/mol. The molecule has 1 saturated carbocycles. The summed E-state index contributed by atoms with van der Waals surface area (Å²) in [6.07, 6.45) is 1.95. The summed E-state index contributed by atoms with van der Waals surface area (Å²) in [5, 5.41) is 6.93. The van der Waals surface area contributed by atoms with Crippen LogP contribution in [0.5, 0.6) is 0 Å². The SMILES string of the molecule is CCNC(=NCCc1cccc(C(=O)N(C)C)c1)NC1CC1c1ccccc1C.I. The number of guanidine groups is 1. The van der Waals surface area contributed by atoms with Crippen molar-refractivity contribution in [1.29, 1.82) is 0 Å². The number of hydrogen-bond acceptors (Lipinski definition) is 2. The molecule has 1 fully saturated rings. The Kier molecular flexibility index (Phi) is 9.14. The van der Waals surface area contributed by atoms with Gasteiger partial charge in [0.1, 0.15) is 0 Å². The number of carbonyl (C=O) groups excluding carboxylic acids is 1. The Morgan fingerprint density at radius 3 is 2.63 bits per heavy atom. The topological polar surface area (TPSA) is 56.7 Å². The molecule has 1 aliphatic rings. The van der Waals surface area contributed by atoms with Crippen molar-refractivity contribution in [1.82, 2.24) is 15.5 Å². The first-order chi connectivity index (χ1) is 14.0. The van der Waals surface area contributed by atoms with Gasteiger partial charge >= 0.3 is 0 Å². The number of benzene rings is 2. The quantitative estimate of drug-likeness (QED) is 0.330. The summed E-state index contributed by atoms with van der Waals surface area (Å²) >= 11 is 0. The van der Waals surface area contributed by atoms with E-state index in [2.05, 4.69) is 54.8 Å². The number of carbonyl (C=O) groups is 1. The maximum atomic E-state index is 12.1. The number of nitrogens with zero attached hydrogens (tertiary/aromatic N) is 2. The molecule has 5 nitrogen and oxygen atoms in total. The highest BCUT2D eigenvalue weighted by Gasteiger charge is 2.39. The molecule has 3 rings (SSSR count). The monoisotopic (exact) mass is 520 g/mol. The first kappa shape index (κ1) is 24.2. The van der Waals surface area contributed by atoms with Gasteiger partial charge in [-0.25, -0.2) is 0 Å². The van der Waals surface area contributed by atoms with Crippen molar-refractivity contribution in [2.24, 2.45) is 4.99 Å². The molecule has 0 aliphatic heterocycles. The van der Waals surface area contributed by atoms with Crippen LogP contribution in [0.3, 0.4) is 0 Å². The lowest BCUT2D eigenvalue weighted by molar-refractivity contribution is 0.0827. The summed E-state index contributed by atoms with van der Waals surface area (Å²) < 4.78 is 0. The van der Waals surface area contributed by atoms with Crippen LogP contribution in [-0.2, 0) is 6.42 Å². The molecule has 0 bridgehead atoms. The largest absolute Gasteiger partial charge is 0.357 e. The molecule has 1 aliphatic carbocycles. The molecule has 0 saturated heterocycles. The first-order valence-corrected chi connectivity index (χ1v) is 10.4. The van der Waals surface area contributed by atoms with E-state index in [0.717, 1.165) is 36.5 Å². The Bertz CT molecular complexity index is 881. The molecule has 2 unspecified atom stereocenters. The van der Waals surface area contributed by atoms with Crippen LogP contribution >= 0.6 is 24.0 Å². The Morgan fingerprint density at radius 1 is 1.17 bits per heavy atom. The smallest absolute Gasteiger partial charge is 0.253 e. The maximum absolute atomic E-state index is 12.1. The number of halogens is 1. The Labute approximate surface area is 197 Å². The van der Waals surface area contributed by atoms with Crippen LogP contribution in [0.4, 0.5) is 0 Å². The van der Waals surface area contributed by atoms with E-state index < -0.39 is 0 Å². The van der Waals surface area contributed by atoms with Gasteiger partial charge in [0.05, 0.1) is 0 Å². The van der Waals surface area contributed by atoms with Gasteiger partial charge in [0, 0.05) is 44.7 Å². The molecule has 2 atom stereocenters. The zero-order chi connectivity index (χ0) is 20.8. The number of hydrogen-bond donors (Lipinski definition) is 2. The van der Waals surface area contributed by atoms with Gasteiger partial charge in [0.15, 0.2) is 5.96 Å². The van der Waals surface area contributed by atoms with Gasteiger partial charge in [-0.2, -0.15) is 0 Å². The molecular formula is C24H33IN4O. The molecule has 0 spiro atoms. The number of rotatable bonds is 7. The van der Waals surface area contributed by atoms with Crippen molar-refractivity contribution < 1.29 is 4.79 Å². The van der Waals surface area contributed by atoms with Crippen LogP contribution < -0.4 is 10.6 Å². The van der Waals surface area contributed by atoms with Gasteiger partial charge in [0.2, 0.25) is 0 Å². The highest BCUT2D eigenvalue weighted by molar-refractivity contribution is 14.0. The summed E-state index contributed by atoms with van der Waals surface area (Å²) in [4.78, 5) is 18.5. The van der Waals surface area contributed by atoms with Gasteiger partial charge in [-0.1, -0.05) is 36.4 Å². The number of aliphatic imine (C=N–C) groups is 1. The van der Waals surface area contributed by atoms with Crippen molar-refractivity contribution in [3.8, 4) is 0 Å². The van der Waals surface area contributed by atoms with Crippen LogP contribution in [0, 0.1) is 6.92 Å². The van der Waals surface area contributed by atoms with Crippen LogP contribution in [0.1, 0.15) is 46.3 Å². The predicted octanol–water partition coefficient (Wildman–Crippen LogP) is 3.97. The number of nitrogens with one attached hydrogen (secondary N) is 2. The second-order valence-corrected chi connectivity index (χ2v) is 7.86. The van der Waals surface area contributed by atoms with E-state index in [0.29, 0.717) is 18.5 Å². The average Bonchev–Trinajstić information content (AvgIpc) is 3.47. The van der Waals surface area contributed by atoms with Crippen LogP contribution in [-0.4, -0.2) is 50.0 Å². The van der Waals surface area contributed by atoms with E-state index in [1.165, 1.54) is 11.1 Å². The predicted molar refractivity (Wildman–Crippen MR) is 135 cm³/mol. The summed E-state index contributed by atoms with van der Waals surface area (Å²) in [5.41, 5.74) is 4.64.